The maximum Gasteiger partial charge on any atom is 0.368 e. The number of carbonyl (C=O) groups is 1. The fourth-order valence-corrected chi connectivity index (χ4v) is 2.78. The number of furan rings is 1. The molecule has 0 saturated carbocycles. The van der Waals surface area contributed by atoms with Crippen LogP contribution in [0.5, 0.6) is 0 Å². The molecule has 0 aliphatic rings. The smallest absolute Gasteiger partial charge is 0.368 e. The van der Waals surface area contributed by atoms with Crippen molar-refractivity contribution in [1.29, 1.82) is 0 Å². The van der Waals surface area contributed by atoms with Crippen LogP contribution >= 0.6 is 7.60 Å². The molecule has 0 atom stereocenters. The third-order valence-electron chi connectivity index (χ3n) is 2.38. The molecule has 0 saturated heterocycles. The van der Waals surface area contributed by atoms with Crippen molar-refractivity contribution in [2.24, 2.45) is 0 Å². The molecule has 7 heteroatoms. The second-order valence-electron chi connectivity index (χ2n) is 3.31. The number of hydrogen-bond acceptors (Lipinski definition) is 6. The van der Waals surface area contributed by atoms with Crippen LogP contribution in [0.4, 0.5) is 0 Å². The molecule has 0 aliphatic heterocycles. The lowest BCUT2D eigenvalue weighted by molar-refractivity contribution is -0.135. The molecule has 0 fully saturated rings. The quantitative estimate of drug-likeness (QED) is 0.467. The van der Waals surface area contributed by atoms with Gasteiger partial charge in [-0.15, -0.1) is 0 Å². The first kappa shape index (κ1) is 14.7. The molecular weight excluding hydrogens is 259 g/mol. The largest absolute Gasteiger partial charge is 0.465 e. The Morgan fingerprint density at radius 1 is 1.28 bits per heavy atom. The minimum atomic E-state index is -3.72. The molecule has 100 valence electrons. The van der Waals surface area contributed by atoms with Crippen LogP contribution < -0.4 is 0 Å². The summed E-state index contributed by atoms with van der Waals surface area (Å²) in [5.41, 5.74) is 0.346. The molecule has 0 spiro atoms. The average molecular weight is 274 g/mol. The van der Waals surface area contributed by atoms with Crippen LogP contribution in [-0.4, -0.2) is 27.3 Å². The molecule has 0 N–H and O–H groups in total. The third-order valence-corrected chi connectivity index (χ3v) is 4.41. The predicted octanol–water partition coefficient (Wildman–Crippen LogP) is 2.67. The van der Waals surface area contributed by atoms with Gasteiger partial charge in [-0.3, -0.25) is 4.57 Å². The average Bonchev–Trinajstić information content (AvgIpc) is 2.92. The molecule has 0 aromatic carbocycles. The first-order valence-corrected chi connectivity index (χ1v) is 6.59. The molecule has 1 aromatic heterocycles. The van der Waals surface area contributed by atoms with Gasteiger partial charge in [0.05, 0.1) is 13.4 Å². The van der Waals surface area contributed by atoms with Crippen LogP contribution in [-0.2, 0) is 23.1 Å². The summed E-state index contributed by atoms with van der Waals surface area (Å²) in [6.07, 6.45) is 1.44. The van der Waals surface area contributed by atoms with Gasteiger partial charge in [0.1, 0.15) is 5.76 Å². The van der Waals surface area contributed by atoms with E-state index in [1.165, 1.54) is 27.6 Å². The fourth-order valence-electron chi connectivity index (χ4n) is 1.43. The summed E-state index contributed by atoms with van der Waals surface area (Å²) in [4.78, 5) is 11.8. The molecule has 18 heavy (non-hydrogen) atoms. The molecule has 1 heterocycles. The number of allylic oxidation sites excluding steroid dienone is 1. The molecule has 0 radical (unpaired) electrons. The van der Waals surface area contributed by atoms with E-state index < -0.39 is 13.6 Å². The standard InChI is InChI=1S/C11H15O6P/c1-8(9-6-5-7-17-9)10(11(12)14-2)18(13,15-3)16-4/h5-7H,1-4H3. The van der Waals surface area contributed by atoms with Crippen molar-refractivity contribution in [2.75, 3.05) is 21.3 Å². The summed E-state index contributed by atoms with van der Waals surface area (Å²) in [7, 11) is -0.134. The predicted molar refractivity (Wildman–Crippen MR) is 64.9 cm³/mol. The van der Waals surface area contributed by atoms with Gasteiger partial charge < -0.3 is 18.2 Å². The zero-order valence-corrected chi connectivity index (χ0v) is 11.5. The highest BCUT2D eigenvalue weighted by Gasteiger charge is 2.37. The first-order valence-electron chi connectivity index (χ1n) is 5.05. The van der Waals surface area contributed by atoms with Crippen LogP contribution in [0.3, 0.4) is 0 Å². The van der Waals surface area contributed by atoms with Gasteiger partial charge >= 0.3 is 13.6 Å². The van der Waals surface area contributed by atoms with Gasteiger partial charge in [0.25, 0.3) is 0 Å². The van der Waals surface area contributed by atoms with Gasteiger partial charge in [-0.25, -0.2) is 4.79 Å². The highest BCUT2D eigenvalue weighted by molar-refractivity contribution is 7.60. The lowest BCUT2D eigenvalue weighted by atomic mass is 10.2. The van der Waals surface area contributed by atoms with E-state index in [-0.39, 0.29) is 5.31 Å². The number of methoxy groups -OCH3 is 1. The molecule has 0 amide bonds. The second-order valence-corrected chi connectivity index (χ2v) is 5.48. The summed E-state index contributed by atoms with van der Waals surface area (Å²) in [5.74, 6) is -0.388. The molecule has 6 nitrogen and oxygen atoms in total. The summed E-state index contributed by atoms with van der Waals surface area (Å²) < 4.78 is 31.8. The minimum Gasteiger partial charge on any atom is -0.465 e. The Labute approximate surface area is 105 Å². The SMILES string of the molecule is COC(=O)C(=C(C)c1ccco1)P(=O)(OC)OC. The van der Waals surface area contributed by atoms with Crippen LogP contribution in [0, 0.1) is 0 Å². The zero-order chi connectivity index (χ0) is 13.8. The van der Waals surface area contributed by atoms with E-state index in [4.69, 9.17) is 13.5 Å². The van der Waals surface area contributed by atoms with E-state index in [0.717, 1.165) is 0 Å². The molecule has 0 unspecified atom stereocenters. The van der Waals surface area contributed by atoms with E-state index in [1.54, 1.807) is 19.1 Å². The Hall–Kier alpha value is -1.36. The van der Waals surface area contributed by atoms with Gasteiger partial charge in [-0.2, -0.15) is 0 Å². The van der Waals surface area contributed by atoms with E-state index in [9.17, 15) is 9.36 Å². The van der Waals surface area contributed by atoms with Gasteiger partial charge in [0.15, 0.2) is 5.31 Å². The number of hydrogen-bond donors (Lipinski definition) is 0. The van der Waals surface area contributed by atoms with Crippen molar-refractivity contribution in [3.05, 3.63) is 29.5 Å². The molecule has 0 bridgehead atoms. The molecular formula is C11H15O6P. The van der Waals surface area contributed by atoms with E-state index in [1.807, 2.05) is 0 Å². The maximum atomic E-state index is 12.3. The Bertz CT molecular complexity index is 480. The number of carbonyl (C=O) groups excluding carboxylic acids is 1. The highest BCUT2D eigenvalue weighted by Crippen LogP contribution is 2.57. The third kappa shape index (κ3) is 2.72. The zero-order valence-electron chi connectivity index (χ0n) is 10.6. The van der Waals surface area contributed by atoms with Crippen molar-refractivity contribution in [1.82, 2.24) is 0 Å². The highest BCUT2D eigenvalue weighted by atomic mass is 31.2. The minimum absolute atomic E-state index is 0.176. The van der Waals surface area contributed by atoms with E-state index >= 15 is 0 Å². The van der Waals surface area contributed by atoms with Crippen molar-refractivity contribution in [3.8, 4) is 0 Å². The Morgan fingerprint density at radius 2 is 1.89 bits per heavy atom. The lowest BCUT2D eigenvalue weighted by Gasteiger charge is -2.17. The fraction of sp³-hybridized carbons (Fsp3) is 0.364. The van der Waals surface area contributed by atoms with Crippen LogP contribution in [0.25, 0.3) is 5.57 Å². The van der Waals surface area contributed by atoms with E-state index in [0.29, 0.717) is 11.3 Å². The summed E-state index contributed by atoms with van der Waals surface area (Å²) in [6, 6.07) is 3.28. The lowest BCUT2D eigenvalue weighted by Crippen LogP contribution is -2.09. The Kier molecular flexibility index (Phi) is 4.90. The number of rotatable bonds is 5. The van der Waals surface area contributed by atoms with Crippen molar-refractivity contribution < 1.29 is 27.6 Å². The van der Waals surface area contributed by atoms with Crippen molar-refractivity contribution >= 4 is 19.1 Å². The van der Waals surface area contributed by atoms with Gasteiger partial charge in [-0.1, -0.05) is 0 Å². The van der Waals surface area contributed by atoms with Gasteiger partial charge in [0, 0.05) is 19.8 Å². The topological polar surface area (TPSA) is 75.0 Å². The normalized spacial score (nSPS) is 13.1. The molecule has 0 aliphatic carbocycles. The summed E-state index contributed by atoms with van der Waals surface area (Å²) in [6.45, 7) is 1.58. The van der Waals surface area contributed by atoms with Crippen molar-refractivity contribution in [3.63, 3.8) is 0 Å². The second kappa shape index (κ2) is 6.00. The van der Waals surface area contributed by atoms with E-state index in [2.05, 4.69) is 4.74 Å². The van der Waals surface area contributed by atoms with Crippen LogP contribution in [0.2, 0.25) is 0 Å². The number of ether oxygens (including phenoxy) is 1. The van der Waals surface area contributed by atoms with Gasteiger partial charge in [0.2, 0.25) is 0 Å². The summed E-state index contributed by atoms with van der Waals surface area (Å²) >= 11 is 0. The van der Waals surface area contributed by atoms with Gasteiger partial charge in [-0.05, 0) is 19.1 Å². The Morgan fingerprint density at radius 3 is 2.28 bits per heavy atom. The van der Waals surface area contributed by atoms with Crippen LogP contribution in [0.1, 0.15) is 12.7 Å². The maximum absolute atomic E-state index is 12.3. The van der Waals surface area contributed by atoms with Crippen molar-refractivity contribution in [2.45, 2.75) is 6.92 Å². The Balaban J connectivity index is 3.43. The monoisotopic (exact) mass is 274 g/mol. The molecule has 1 aromatic rings. The number of esters is 1. The molecule has 1 rings (SSSR count). The first-order chi connectivity index (χ1) is 8.50. The van der Waals surface area contributed by atoms with Crippen LogP contribution in [0.15, 0.2) is 28.1 Å². The summed E-state index contributed by atoms with van der Waals surface area (Å²) in [5, 5.41) is -0.176.